The molecule has 2 rings (SSSR count). The minimum absolute atomic E-state index is 0.0873. The molecule has 0 aromatic heterocycles. The average molecular weight is 291 g/mol. The summed E-state index contributed by atoms with van der Waals surface area (Å²) in [6.07, 6.45) is 6.05. The van der Waals surface area contributed by atoms with E-state index in [1.165, 1.54) is 0 Å². The Balaban J connectivity index is 1.87. The smallest absolute Gasteiger partial charge is 0.199 e. The summed E-state index contributed by atoms with van der Waals surface area (Å²) in [6, 6.07) is 0.0927. The predicted octanol–water partition coefficient (Wildman–Crippen LogP) is 2.17. The summed E-state index contributed by atoms with van der Waals surface area (Å²) in [7, 11) is 0. The molecule has 2 unspecified atom stereocenters. The fourth-order valence-corrected chi connectivity index (χ4v) is 3.17. The van der Waals surface area contributed by atoms with Gasteiger partial charge in [0.1, 0.15) is 0 Å². The van der Waals surface area contributed by atoms with Gasteiger partial charge in [-0.05, 0) is 36.8 Å². The molecular weight excluding hydrogens is 266 g/mol. The van der Waals surface area contributed by atoms with Crippen molar-refractivity contribution < 1.29 is 14.4 Å². The Morgan fingerprint density at radius 1 is 1.24 bits per heavy atom. The molecule has 1 heterocycles. The van der Waals surface area contributed by atoms with Gasteiger partial charge in [-0.3, -0.25) is 19.3 Å². The van der Waals surface area contributed by atoms with Crippen molar-refractivity contribution in [2.24, 2.45) is 11.3 Å². The highest BCUT2D eigenvalue weighted by Gasteiger charge is 2.42. The molecule has 1 saturated carbocycles. The summed E-state index contributed by atoms with van der Waals surface area (Å²) >= 11 is 0. The van der Waals surface area contributed by atoms with Crippen molar-refractivity contribution in [1.29, 1.82) is 0 Å². The first-order chi connectivity index (χ1) is 9.76. The highest BCUT2D eigenvalue weighted by atomic mass is 16.2. The second-order valence-corrected chi connectivity index (χ2v) is 7.47. The highest BCUT2D eigenvalue weighted by Crippen LogP contribution is 2.33. The zero-order valence-corrected chi connectivity index (χ0v) is 13.2. The van der Waals surface area contributed by atoms with Gasteiger partial charge in [-0.2, -0.15) is 0 Å². The van der Waals surface area contributed by atoms with Crippen LogP contribution in [0.3, 0.4) is 0 Å². The first-order valence-corrected chi connectivity index (χ1v) is 7.76. The van der Waals surface area contributed by atoms with Crippen LogP contribution in [0.5, 0.6) is 0 Å². The van der Waals surface area contributed by atoms with Crippen LogP contribution in [0.4, 0.5) is 0 Å². The minimum Gasteiger partial charge on any atom is -0.293 e. The van der Waals surface area contributed by atoms with E-state index in [2.05, 4.69) is 25.7 Å². The fraction of sp³-hybridized carbons (Fsp3) is 0.706. The summed E-state index contributed by atoms with van der Waals surface area (Å²) in [5, 5.41) is 0. The largest absolute Gasteiger partial charge is 0.293 e. The molecule has 1 aliphatic heterocycles. The Labute approximate surface area is 126 Å². The number of fused-ring (bicyclic) bond motifs is 1. The molecule has 0 radical (unpaired) electrons. The second kappa shape index (κ2) is 6.22. The van der Waals surface area contributed by atoms with Crippen LogP contribution in [0, 0.1) is 11.3 Å². The molecule has 0 aromatic rings. The lowest BCUT2D eigenvalue weighted by Crippen LogP contribution is -2.43. The van der Waals surface area contributed by atoms with E-state index in [-0.39, 0.29) is 34.7 Å². The van der Waals surface area contributed by atoms with Gasteiger partial charge >= 0.3 is 0 Å². The van der Waals surface area contributed by atoms with Crippen molar-refractivity contribution in [2.75, 3.05) is 13.1 Å². The molecule has 21 heavy (non-hydrogen) atoms. The average Bonchev–Trinajstić information content (AvgIpc) is 2.71. The SMILES string of the molecule is CC(C)(C)C/C=C/C(=O)CN1CCC2CC(=O)C(=O)CC21. The molecule has 1 saturated heterocycles. The van der Waals surface area contributed by atoms with Crippen LogP contribution in [-0.4, -0.2) is 41.4 Å². The molecule has 116 valence electrons. The van der Waals surface area contributed by atoms with Crippen LogP contribution in [0.15, 0.2) is 12.2 Å². The van der Waals surface area contributed by atoms with E-state index < -0.39 is 0 Å². The van der Waals surface area contributed by atoms with Crippen LogP contribution in [0.2, 0.25) is 0 Å². The number of hydrogen-bond donors (Lipinski definition) is 0. The lowest BCUT2D eigenvalue weighted by atomic mass is 9.83. The Morgan fingerprint density at radius 3 is 2.57 bits per heavy atom. The summed E-state index contributed by atoms with van der Waals surface area (Å²) in [5.74, 6) is -0.140. The molecule has 2 atom stereocenters. The van der Waals surface area contributed by atoms with Gasteiger partial charge in [-0.25, -0.2) is 0 Å². The summed E-state index contributed by atoms with van der Waals surface area (Å²) < 4.78 is 0. The molecule has 0 amide bonds. The van der Waals surface area contributed by atoms with Gasteiger partial charge in [0.25, 0.3) is 0 Å². The van der Waals surface area contributed by atoms with E-state index in [4.69, 9.17) is 0 Å². The van der Waals surface area contributed by atoms with Gasteiger partial charge in [0.2, 0.25) is 0 Å². The maximum Gasteiger partial charge on any atom is 0.199 e. The van der Waals surface area contributed by atoms with Crippen LogP contribution in [0.1, 0.15) is 46.5 Å². The summed E-state index contributed by atoms with van der Waals surface area (Å²) in [5.41, 5.74) is 0.186. The van der Waals surface area contributed by atoms with Crippen LogP contribution in [0.25, 0.3) is 0 Å². The normalized spacial score (nSPS) is 27.4. The van der Waals surface area contributed by atoms with Gasteiger partial charge in [0, 0.05) is 18.9 Å². The fourth-order valence-electron chi connectivity index (χ4n) is 3.17. The Morgan fingerprint density at radius 2 is 1.90 bits per heavy atom. The molecular formula is C17H25NO3. The van der Waals surface area contributed by atoms with Gasteiger partial charge in [-0.15, -0.1) is 0 Å². The monoisotopic (exact) mass is 291 g/mol. The van der Waals surface area contributed by atoms with Crippen molar-refractivity contribution in [3.05, 3.63) is 12.2 Å². The molecule has 1 aliphatic carbocycles. The molecule has 2 aliphatic rings. The molecule has 2 fully saturated rings. The van der Waals surface area contributed by atoms with Gasteiger partial charge in [0.15, 0.2) is 17.3 Å². The predicted molar refractivity (Wildman–Crippen MR) is 80.9 cm³/mol. The third-order valence-corrected chi connectivity index (χ3v) is 4.35. The van der Waals surface area contributed by atoms with Crippen LogP contribution >= 0.6 is 0 Å². The number of allylic oxidation sites excluding steroid dienone is 1. The van der Waals surface area contributed by atoms with Crippen molar-refractivity contribution in [3.63, 3.8) is 0 Å². The topological polar surface area (TPSA) is 54.5 Å². The van der Waals surface area contributed by atoms with E-state index in [1.807, 2.05) is 6.08 Å². The number of likely N-dealkylation sites (tertiary alicyclic amines) is 1. The van der Waals surface area contributed by atoms with E-state index in [0.717, 1.165) is 19.4 Å². The number of rotatable bonds is 4. The maximum atomic E-state index is 12.0. The number of ketones is 3. The molecule has 4 heteroatoms. The first kappa shape index (κ1) is 16.1. The molecule has 0 bridgehead atoms. The van der Waals surface area contributed by atoms with Crippen molar-refractivity contribution in [3.8, 4) is 0 Å². The summed E-state index contributed by atoms with van der Waals surface area (Å²) in [4.78, 5) is 37.1. The van der Waals surface area contributed by atoms with E-state index in [1.54, 1.807) is 6.08 Å². The number of nitrogens with zero attached hydrogens (tertiary/aromatic N) is 1. The molecule has 0 N–H and O–H groups in total. The first-order valence-electron chi connectivity index (χ1n) is 7.76. The van der Waals surface area contributed by atoms with Crippen LogP contribution in [-0.2, 0) is 14.4 Å². The third kappa shape index (κ3) is 4.34. The highest BCUT2D eigenvalue weighted by molar-refractivity contribution is 6.38. The zero-order chi connectivity index (χ0) is 15.6. The number of carbonyl (C=O) groups is 3. The quantitative estimate of drug-likeness (QED) is 0.588. The number of carbonyl (C=O) groups excluding carboxylic acids is 3. The van der Waals surface area contributed by atoms with Crippen molar-refractivity contribution >= 4 is 17.3 Å². The number of Topliss-reactive ketones (excluding diaryl/α,β-unsaturated/α-hetero) is 2. The van der Waals surface area contributed by atoms with E-state index in [0.29, 0.717) is 19.4 Å². The number of hydrogen-bond acceptors (Lipinski definition) is 4. The van der Waals surface area contributed by atoms with E-state index in [9.17, 15) is 14.4 Å². The second-order valence-electron chi connectivity index (χ2n) is 7.47. The Hall–Kier alpha value is -1.29. The lowest BCUT2D eigenvalue weighted by Gasteiger charge is -2.29. The Bertz CT molecular complexity index is 473. The third-order valence-electron chi connectivity index (χ3n) is 4.35. The van der Waals surface area contributed by atoms with Gasteiger partial charge in [-0.1, -0.05) is 26.8 Å². The van der Waals surface area contributed by atoms with Gasteiger partial charge < -0.3 is 0 Å². The summed E-state index contributed by atoms with van der Waals surface area (Å²) in [6.45, 7) is 7.59. The van der Waals surface area contributed by atoms with Crippen LogP contribution < -0.4 is 0 Å². The Kier molecular flexibility index (Phi) is 4.77. The van der Waals surface area contributed by atoms with E-state index >= 15 is 0 Å². The molecule has 0 spiro atoms. The van der Waals surface area contributed by atoms with Crippen molar-refractivity contribution in [2.45, 2.75) is 52.5 Å². The van der Waals surface area contributed by atoms with Gasteiger partial charge in [0.05, 0.1) is 6.54 Å². The maximum absolute atomic E-state index is 12.0. The lowest BCUT2D eigenvalue weighted by molar-refractivity contribution is -0.140. The molecule has 4 nitrogen and oxygen atoms in total. The minimum atomic E-state index is -0.265. The zero-order valence-electron chi connectivity index (χ0n) is 13.2. The molecule has 0 aromatic carbocycles. The standard InChI is InChI=1S/C17H25NO3/c1-17(2,3)7-4-5-13(19)11-18-8-6-12-9-15(20)16(21)10-14(12)18/h4-5,12,14H,6-11H2,1-3H3/b5-4+. The van der Waals surface area contributed by atoms with Crippen molar-refractivity contribution in [1.82, 2.24) is 4.90 Å².